The van der Waals surface area contributed by atoms with E-state index in [0.29, 0.717) is 12.1 Å². The Morgan fingerprint density at radius 1 is 1.53 bits per heavy atom. The van der Waals surface area contributed by atoms with Crippen LogP contribution in [0.3, 0.4) is 0 Å². The minimum absolute atomic E-state index is 0.530. The number of nitriles is 1. The van der Waals surface area contributed by atoms with Gasteiger partial charge in [-0.3, -0.25) is 0 Å². The molecule has 0 aliphatic heterocycles. The Kier molecular flexibility index (Phi) is 3.45. The fourth-order valence-electron chi connectivity index (χ4n) is 1.47. The third-order valence-corrected chi connectivity index (χ3v) is 2.92. The van der Waals surface area contributed by atoms with Crippen LogP contribution in [0.1, 0.15) is 17.0 Å². The van der Waals surface area contributed by atoms with Gasteiger partial charge in [-0.25, -0.2) is 0 Å². The summed E-state index contributed by atoms with van der Waals surface area (Å²) in [7, 11) is 0. The van der Waals surface area contributed by atoms with E-state index in [0.717, 1.165) is 21.6 Å². The summed E-state index contributed by atoms with van der Waals surface area (Å²) in [5.41, 5.74) is 2.18. The van der Waals surface area contributed by atoms with Gasteiger partial charge in [0.15, 0.2) is 0 Å². The van der Waals surface area contributed by atoms with E-state index in [9.17, 15) is 0 Å². The molecule has 0 saturated carbocycles. The quantitative estimate of drug-likeness (QED) is 0.943. The first kappa shape index (κ1) is 11.7. The average molecular weight is 292 g/mol. The van der Waals surface area contributed by atoms with E-state index in [2.05, 4.69) is 32.5 Å². The third kappa shape index (κ3) is 2.66. The molecule has 0 bridgehead atoms. The Morgan fingerprint density at radius 2 is 2.35 bits per heavy atom. The highest BCUT2D eigenvalue weighted by atomic mass is 79.9. The summed E-state index contributed by atoms with van der Waals surface area (Å²) in [6.07, 6.45) is 0. The monoisotopic (exact) mass is 291 g/mol. The zero-order chi connectivity index (χ0) is 12.3. The lowest BCUT2D eigenvalue weighted by Crippen LogP contribution is -2.01. The molecule has 86 valence electrons. The van der Waals surface area contributed by atoms with Crippen LogP contribution < -0.4 is 5.32 Å². The smallest absolute Gasteiger partial charge is 0.133 e. The first-order valence-electron chi connectivity index (χ1n) is 5.05. The van der Waals surface area contributed by atoms with Crippen molar-refractivity contribution >= 4 is 21.6 Å². The Hall–Kier alpha value is -1.80. The Labute approximate surface area is 107 Å². The summed E-state index contributed by atoms with van der Waals surface area (Å²) in [4.78, 5) is 0. The van der Waals surface area contributed by atoms with Gasteiger partial charge >= 0.3 is 0 Å². The van der Waals surface area contributed by atoms with E-state index in [-0.39, 0.29) is 0 Å². The molecular weight excluding hydrogens is 282 g/mol. The van der Waals surface area contributed by atoms with Crippen molar-refractivity contribution in [3.05, 3.63) is 45.8 Å². The molecule has 2 aromatic rings. The summed E-state index contributed by atoms with van der Waals surface area (Å²) in [6.45, 7) is 2.37. The molecule has 0 amide bonds. The first-order chi connectivity index (χ1) is 8.20. The van der Waals surface area contributed by atoms with Crippen molar-refractivity contribution in [3.8, 4) is 6.07 Å². The predicted octanol–water partition coefficient (Wildman–Crippen LogP) is 3.23. The maximum atomic E-state index is 9.05. The van der Waals surface area contributed by atoms with Crippen LogP contribution in [0.5, 0.6) is 0 Å². The minimum Gasteiger partial charge on any atom is -0.378 e. The zero-order valence-electron chi connectivity index (χ0n) is 9.20. The van der Waals surface area contributed by atoms with Gasteiger partial charge in [0.05, 0.1) is 17.8 Å². The molecule has 0 aliphatic carbocycles. The molecule has 1 aromatic carbocycles. The molecule has 17 heavy (non-hydrogen) atoms. The van der Waals surface area contributed by atoms with Crippen molar-refractivity contribution in [1.29, 1.82) is 5.26 Å². The predicted molar refractivity (Wildman–Crippen MR) is 67.4 cm³/mol. The molecule has 0 radical (unpaired) electrons. The summed E-state index contributed by atoms with van der Waals surface area (Å²) >= 11 is 3.34. The molecule has 0 unspecified atom stereocenters. The van der Waals surface area contributed by atoms with Gasteiger partial charge in [0.1, 0.15) is 17.5 Å². The normalized spacial score (nSPS) is 9.94. The van der Waals surface area contributed by atoms with Gasteiger partial charge in [0.25, 0.3) is 0 Å². The second kappa shape index (κ2) is 5.02. The third-order valence-electron chi connectivity index (χ3n) is 2.26. The van der Waals surface area contributed by atoms with Gasteiger partial charge < -0.3 is 9.84 Å². The number of hydrogen-bond acceptors (Lipinski definition) is 4. The topological polar surface area (TPSA) is 61.9 Å². The number of hydrogen-bond donors (Lipinski definition) is 1. The van der Waals surface area contributed by atoms with Gasteiger partial charge in [-0.05, 0) is 35.0 Å². The highest BCUT2D eigenvalue weighted by Gasteiger charge is 2.06. The number of benzene rings is 1. The molecule has 0 atom stereocenters. The number of anilines is 1. The maximum absolute atomic E-state index is 9.05. The maximum Gasteiger partial charge on any atom is 0.133 e. The molecule has 1 heterocycles. The summed E-state index contributed by atoms with van der Waals surface area (Å²) in [5, 5.41) is 16.1. The molecule has 1 aromatic heterocycles. The molecular formula is C12H10BrN3O. The van der Waals surface area contributed by atoms with Gasteiger partial charge in [-0.2, -0.15) is 5.26 Å². The van der Waals surface area contributed by atoms with Gasteiger partial charge in [0, 0.05) is 10.5 Å². The SMILES string of the molecule is Cc1cc(CNc2cccc(Br)c2C#N)no1. The largest absolute Gasteiger partial charge is 0.378 e. The van der Waals surface area contributed by atoms with Gasteiger partial charge in [-0.15, -0.1) is 0 Å². The molecule has 0 aliphatic rings. The van der Waals surface area contributed by atoms with Crippen molar-refractivity contribution in [2.75, 3.05) is 5.32 Å². The Bertz CT molecular complexity index is 571. The van der Waals surface area contributed by atoms with Gasteiger partial charge in [-0.1, -0.05) is 11.2 Å². The van der Waals surface area contributed by atoms with Crippen LogP contribution in [0.2, 0.25) is 0 Å². The molecule has 4 nitrogen and oxygen atoms in total. The number of rotatable bonds is 3. The molecule has 0 spiro atoms. The lowest BCUT2D eigenvalue weighted by molar-refractivity contribution is 0.391. The summed E-state index contributed by atoms with van der Waals surface area (Å²) in [6, 6.07) is 9.58. The fraction of sp³-hybridized carbons (Fsp3) is 0.167. The van der Waals surface area contributed by atoms with Crippen molar-refractivity contribution in [2.24, 2.45) is 0 Å². The average Bonchev–Trinajstić information content (AvgIpc) is 2.72. The van der Waals surface area contributed by atoms with Crippen LogP contribution >= 0.6 is 15.9 Å². The molecule has 0 saturated heterocycles. The fourth-order valence-corrected chi connectivity index (χ4v) is 1.93. The second-order valence-corrected chi connectivity index (χ2v) is 4.41. The van der Waals surface area contributed by atoms with Crippen molar-refractivity contribution in [2.45, 2.75) is 13.5 Å². The van der Waals surface area contributed by atoms with E-state index >= 15 is 0 Å². The van der Waals surface area contributed by atoms with Crippen molar-refractivity contribution in [3.63, 3.8) is 0 Å². The van der Waals surface area contributed by atoms with E-state index in [1.165, 1.54) is 0 Å². The number of aryl methyl sites for hydroxylation is 1. The van der Waals surface area contributed by atoms with E-state index in [1.807, 2.05) is 31.2 Å². The van der Waals surface area contributed by atoms with Crippen LogP contribution in [-0.2, 0) is 6.54 Å². The molecule has 0 fully saturated rings. The number of halogens is 1. The van der Waals surface area contributed by atoms with E-state index in [1.54, 1.807) is 0 Å². The van der Waals surface area contributed by atoms with Crippen LogP contribution in [0.15, 0.2) is 33.3 Å². The first-order valence-corrected chi connectivity index (χ1v) is 5.84. The van der Waals surface area contributed by atoms with Crippen LogP contribution in [-0.4, -0.2) is 5.16 Å². The highest BCUT2D eigenvalue weighted by molar-refractivity contribution is 9.10. The molecule has 2 rings (SSSR count). The Morgan fingerprint density at radius 3 is 3.00 bits per heavy atom. The lowest BCUT2D eigenvalue weighted by atomic mass is 10.2. The van der Waals surface area contributed by atoms with E-state index in [4.69, 9.17) is 9.78 Å². The Balaban J connectivity index is 2.14. The number of aromatic nitrogens is 1. The molecule has 5 heteroatoms. The van der Waals surface area contributed by atoms with Crippen molar-refractivity contribution < 1.29 is 4.52 Å². The standard InChI is InChI=1S/C12H10BrN3O/c1-8-5-9(16-17-8)7-15-12-4-2-3-11(13)10(12)6-14/h2-5,15H,7H2,1H3. The second-order valence-electron chi connectivity index (χ2n) is 3.56. The van der Waals surface area contributed by atoms with Gasteiger partial charge in [0.2, 0.25) is 0 Å². The zero-order valence-corrected chi connectivity index (χ0v) is 10.8. The van der Waals surface area contributed by atoms with E-state index < -0.39 is 0 Å². The summed E-state index contributed by atoms with van der Waals surface area (Å²) in [5.74, 6) is 0.775. The highest BCUT2D eigenvalue weighted by Crippen LogP contribution is 2.24. The molecule has 1 N–H and O–H groups in total. The van der Waals surface area contributed by atoms with Crippen LogP contribution in [0, 0.1) is 18.3 Å². The number of nitrogens with zero attached hydrogens (tertiary/aromatic N) is 2. The lowest BCUT2D eigenvalue weighted by Gasteiger charge is -2.07. The van der Waals surface area contributed by atoms with Crippen LogP contribution in [0.4, 0.5) is 5.69 Å². The minimum atomic E-state index is 0.530. The number of nitrogens with one attached hydrogen (secondary N) is 1. The van der Waals surface area contributed by atoms with Crippen molar-refractivity contribution in [1.82, 2.24) is 5.16 Å². The summed E-state index contributed by atoms with van der Waals surface area (Å²) < 4.78 is 5.75. The van der Waals surface area contributed by atoms with Crippen LogP contribution in [0.25, 0.3) is 0 Å².